The van der Waals surface area contributed by atoms with Gasteiger partial charge in [-0.25, -0.2) is 0 Å². The van der Waals surface area contributed by atoms with E-state index in [0.29, 0.717) is 0 Å². The molecule has 3 heteroatoms. The highest BCUT2D eigenvalue weighted by Crippen LogP contribution is 2.15. The van der Waals surface area contributed by atoms with E-state index in [4.69, 9.17) is 16.3 Å². The zero-order chi connectivity index (χ0) is 12.8. The molecular formula is C15H16ClNO. The molecule has 0 radical (unpaired) electrons. The Bertz CT molecular complexity index is 496. The molecule has 94 valence electrons. The fourth-order valence-electron chi connectivity index (χ4n) is 1.73. The van der Waals surface area contributed by atoms with Crippen LogP contribution in [0, 0.1) is 0 Å². The Morgan fingerprint density at radius 2 is 1.72 bits per heavy atom. The Hall–Kier alpha value is -1.51. The quantitative estimate of drug-likeness (QED) is 0.887. The van der Waals surface area contributed by atoms with Crippen molar-refractivity contribution >= 4 is 11.6 Å². The number of ether oxygens (including phenoxy) is 1. The third-order valence-corrected chi connectivity index (χ3v) is 3.13. The van der Waals surface area contributed by atoms with Gasteiger partial charge in [0.2, 0.25) is 0 Å². The predicted octanol–water partition coefficient (Wildman–Crippen LogP) is 3.64. The second kappa shape index (κ2) is 6.43. The van der Waals surface area contributed by atoms with E-state index in [2.05, 4.69) is 17.4 Å². The zero-order valence-corrected chi connectivity index (χ0v) is 11.1. The SMILES string of the molecule is COc1ccc(CNCc2ccccc2Cl)cc1. The van der Waals surface area contributed by atoms with Gasteiger partial charge in [-0.2, -0.15) is 0 Å². The molecule has 0 saturated carbocycles. The maximum atomic E-state index is 6.09. The van der Waals surface area contributed by atoms with Crippen molar-refractivity contribution < 1.29 is 4.74 Å². The molecule has 0 aromatic heterocycles. The average molecular weight is 262 g/mol. The summed E-state index contributed by atoms with van der Waals surface area (Å²) < 4.78 is 5.12. The second-order valence-electron chi connectivity index (χ2n) is 4.04. The molecular weight excluding hydrogens is 246 g/mol. The lowest BCUT2D eigenvalue weighted by atomic mass is 10.2. The van der Waals surface area contributed by atoms with E-state index in [0.717, 1.165) is 29.4 Å². The van der Waals surface area contributed by atoms with Crippen LogP contribution in [0.1, 0.15) is 11.1 Å². The molecule has 2 rings (SSSR count). The lowest BCUT2D eigenvalue weighted by Crippen LogP contribution is -2.12. The highest BCUT2D eigenvalue weighted by molar-refractivity contribution is 6.31. The number of nitrogens with one attached hydrogen (secondary N) is 1. The first kappa shape index (κ1) is 12.9. The average Bonchev–Trinajstić information content (AvgIpc) is 2.42. The normalized spacial score (nSPS) is 10.3. The summed E-state index contributed by atoms with van der Waals surface area (Å²) in [6.45, 7) is 1.58. The number of hydrogen-bond acceptors (Lipinski definition) is 2. The van der Waals surface area contributed by atoms with Gasteiger partial charge in [0.15, 0.2) is 0 Å². The van der Waals surface area contributed by atoms with E-state index in [-0.39, 0.29) is 0 Å². The van der Waals surface area contributed by atoms with Crippen molar-refractivity contribution in [3.63, 3.8) is 0 Å². The standard InChI is InChI=1S/C15H16ClNO/c1-18-14-8-6-12(7-9-14)10-17-11-13-4-2-3-5-15(13)16/h2-9,17H,10-11H2,1H3. The smallest absolute Gasteiger partial charge is 0.118 e. The van der Waals surface area contributed by atoms with Crippen molar-refractivity contribution in [1.29, 1.82) is 0 Å². The van der Waals surface area contributed by atoms with Gasteiger partial charge in [0, 0.05) is 18.1 Å². The number of benzene rings is 2. The van der Waals surface area contributed by atoms with Gasteiger partial charge in [-0.15, -0.1) is 0 Å². The first-order chi connectivity index (χ1) is 8.79. The summed E-state index contributed by atoms with van der Waals surface area (Å²) in [6.07, 6.45) is 0. The number of methoxy groups -OCH3 is 1. The summed E-state index contributed by atoms with van der Waals surface area (Å²) >= 11 is 6.09. The molecule has 0 bridgehead atoms. The van der Waals surface area contributed by atoms with Crippen molar-refractivity contribution in [3.8, 4) is 5.75 Å². The van der Waals surface area contributed by atoms with Gasteiger partial charge in [0.05, 0.1) is 7.11 Å². The van der Waals surface area contributed by atoms with Gasteiger partial charge in [0.25, 0.3) is 0 Å². The Balaban J connectivity index is 1.86. The van der Waals surface area contributed by atoms with Crippen LogP contribution in [-0.4, -0.2) is 7.11 Å². The van der Waals surface area contributed by atoms with Gasteiger partial charge in [-0.3, -0.25) is 0 Å². The van der Waals surface area contributed by atoms with Crippen molar-refractivity contribution in [2.75, 3.05) is 7.11 Å². The molecule has 0 saturated heterocycles. The molecule has 0 heterocycles. The summed E-state index contributed by atoms with van der Waals surface area (Å²) in [7, 11) is 1.67. The lowest BCUT2D eigenvalue weighted by molar-refractivity contribution is 0.414. The molecule has 18 heavy (non-hydrogen) atoms. The fourth-order valence-corrected chi connectivity index (χ4v) is 1.93. The van der Waals surface area contributed by atoms with Crippen LogP contribution in [0.5, 0.6) is 5.75 Å². The van der Waals surface area contributed by atoms with E-state index < -0.39 is 0 Å². The van der Waals surface area contributed by atoms with Crippen molar-refractivity contribution in [2.45, 2.75) is 13.1 Å². The van der Waals surface area contributed by atoms with Gasteiger partial charge < -0.3 is 10.1 Å². The summed E-state index contributed by atoms with van der Waals surface area (Å²) in [5.74, 6) is 0.879. The maximum Gasteiger partial charge on any atom is 0.118 e. The van der Waals surface area contributed by atoms with Crippen molar-refractivity contribution in [3.05, 3.63) is 64.7 Å². The largest absolute Gasteiger partial charge is 0.497 e. The Morgan fingerprint density at radius 1 is 1.00 bits per heavy atom. The van der Waals surface area contributed by atoms with Gasteiger partial charge in [-0.1, -0.05) is 41.9 Å². The predicted molar refractivity (Wildman–Crippen MR) is 75.0 cm³/mol. The molecule has 0 aliphatic carbocycles. The minimum absolute atomic E-state index is 0.770. The van der Waals surface area contributed by atoms with E-state index in [9.17, 15) is 0 Å². The van der Waals surface area contributed by atoms with Gasteiger partial charge in [-0.05, 0) is 29.3 Å². The maximum absolute atomic E-state index is 6.09. The molecule has 2 nitrogen and oxygen atoms in total. The minimum atomic E-state index is 0.770. The summed E-state index contributed by atoms with van der Waals surface area (Å²) in [5.41, 5.74) is 2.34. The van der Waals surface area contributed by atoms with Crippen LogP contribution < -0.4 is 10.1 Å². The number of halogens is 1. The Labute approximate surface area is 113 Å². The van der Waals surface area contributed by atoms with Crippen LogP contribution in [0.2, 0.25) is 5.02 Å². The zero-order valence-electron chi connectivity index (χ0n) is 10.3. The highest BCUT2D eigenvalue weighted by Gasteiger charge is 1.98. The second-order valence-corrected chi connectivity index (χ2v) is 4.45. The third-order valence-electron chi connectivity index (χ3n) is 2.76. The molecule has 0 aliphatic rings. The van der Waals surface area contributed by atoms with Crippen LogP contribution >= 0.6 is 11.6 Å². The Morgan fingerprint density at radius 3 is 2.39 bits per heavy atom. The van der Waals surface area contributed by atoms with Crippen LogP contribution in [0.3, 0.4) is 0 Å². The van der Waals surface area contributed by atoms with Crippen molar-refractivity contribution in [1.82, 2.24) is 5.32 Å². The fraction of sp³-hybridized carbons (Fsp3) is 0.200. The van der Waals surface area contributed by atoms with Crippen LogP contribution in [0.25, 0.3) is 0 Å². The van der Waals surface area contributed by atoms with Crippen LogP contribution in [0.4, 0.5) is 0 Å². The topological polar surface area (TPSA) is 21.3 Å². The first-order valence-electron chi connectivity index (χ1n) is 5.86. The molecule has 0 amide bonds. The molecule has 0 aliphatic heterocycles. The number of rotatable bonds is 5. The summed E-state index contributed by atoms with van der Waals surface area (Å²) in [5, 5.41) is 4.18. The molecule has 0 unspecified atom stereocenters. The number of hydrogen-bond donors (Lipinski definition) is 1. The van der Waals surface area contributed by atoms with Gasteiger partial charge in [0.1, 0.15) is 5.75 Å². The molecule has 0 fully saturated rings. The molecule has 0 atom stereocenters. The van der Waals surface area contributed by atoms with Crippen LogP contribution in [0.15, 0.2) is 48.5 Å². The molecule has 0 spiro atoms. The highest BCUT2D eigenvalue weighted by atomic mass is 35.5. The lowest BCUT2D eigenvalue weighted by Gasteiger charge is -2.07. The van der Waals surface area contributed by atoms with Crippen LogP contribution in [-0.2, 0) is 13.1 Å². The Kier molecular flexibility index (Phi) is 4.62. The monoisotopic (exact) mass is 261 g/mol. The third kappa shape index (κ3) is 3.49. The molecule has 2 aromatic carbocycles. The van der Waals surface area contributed by atoms with E-state index >= 15 is 0 Å². The van der Waals surface area contributed by atoms with E-state index in [1.165, 1.54) is 5.56 Å². The van der Waals surface area contributed by atoms with Gasteiger partial charge >= 0.3 is 0 Å². The molecule has 2 aromatic rings. The van der Waals surface area contributed by atoms with Crippen molar-refractivity contribution in [2.24, 2.45) is 0 Å². The minimum Gasteiger partial charge on any atom is -0.497 e. The molecule has 1 N–H and O–H groups in total. The first-order valence-corrected chi connectivity index (χ1v) is 6.24. The van der Waals surface area contributed by atoms with E-state index in [1.807, 2.05) is 36.4 Å². The van der Waals surface area contributed by atoms with E-state index in [1.54, 1.807) is 7.11 Å². The summed E-state index contributed by atoms with van der Waals surface area (Å²) in [6, 6.07) is 15.9. The summed E-state index contributed by atoms with van der Waals surface area (Å²) in [4.78, 5) is 0.